The van der Waals surface area contributed by atoms with Gasteiger partial charge >= 0.3 is 0 Å². The van der Waals surface area contributed by atoms with Gasteiger partial charge in [-0.15, -0.1) is 4.98 Å². The Morgan fingerprint density at radius 3 is 3.16 bits per heavy atom. The lowest BCUT2D eigenvalue weighted by molar-refractivity contribution is -0.662. The number of halogens is 2. The number of anilines is 1. The normalized spacial score (nSPS) is 21.2. The van der Waals surface area contributed by atoms with Crippen molar-refractivity contribution in [3.63, 3.8) is 0 Å². The van der Waals surface area contributed by atoms with Gasteiger partial charge in [-0.3, -0.25) is 5.43 Å². The van der Waals surface area contributed by atoms with Gasteiger partial charge in [0.25, 0.3) is 11.6 Å². The molecule has 1 unspecified atom stereocenters. The molecular formula is C11H11ClFN6+. The Balaban J connectivity index is 2.03. The van der Waals surface area contributed by atoms with E-state index in [1.807, 2.05) is 0 Å². The molecule has 6 nitrogen and oxygen atoms in total. The molecule has 3 heterocycles. The van der Waals surface area contributed by atoms with Crippen LogP contribution in [0.4, 0.5) is 10.2 Å². The highest BCUT2D eigenvalue weighted by Gasteiger charge is 2.36. The van der Waals surface area contributed by atoms with Crippen molar-refractivity contribution in [2.45, 2.75) is 6.42 Å². The second-order valence-electron chi connectivity index (χ2n) is 4.33. The molecule has 2 aliphatic rings. The SMILES string of the molecule is C[n+]1c(C2=NNC3=NC=C(Cl)CC32)ncc(F)c1N. The van der Waals surface area contributed by atoms with Crippen LogP contribution in [0.3, 0.4) is 0 Å². The van der Waals surface area contributed by atoms with Gasteiger partial charge in [0.15, 0.2) is 0 Å². The number of nitrogens with two attached hydrogens (primary N) is 1. The van der Waals surface area contributed by atoms with Crippen molar-refractivity contribution in [3.8, 4) is 0 Å². The number of aliphatic imine (C=N–C) groups is 1. The highest BCUT2D eigenvalue weighted by atomic mass is 35.5. The van der Waals surface area contributed by atoms with Crippen molar-refractivity contribution in [3.05, 3.63) is 29.1 Å². The fourth-order valence-corrected chi connectivity index (χ4v) is 2.29. The largest absolute Gasteiger partial charge is 0.316 e. The highest BCUT2D eigenvalue weighted by molar-refractivity contribution is 6.31. The van der Waals surface area contributed by atoms with E-state index in [1.54, 1.807) is 13.2 Å². The number of hydrazone groups is 1. The van der Waals surface area contributed by atoms with Gasteiger partial charge in [0.05, 0.1) is 13.0 Å². The molecule has 19 heavy (non-hydrogen) atoms. The molecule has 0 fully saturated rings. The summed E-state index contributed by atoms with van der Waals surface area (Å²) in [6, 6.07) is 0. The molecule has 98 valence electrons. The molecule has 2 aliphatic heterocycles. The third-order valence-corrected chi connectivity index (χ3v) is 3.40. The Morgan fingerprint density at radius 1 is 1.58 bits per heavy atom. The highest BCUT2D eigenvalue weighted by Crippen LogP contribution is 2.26. The molecule has 8 heteroatoms. The van der Waals surface area contributed by atoms with E-state index in [2.05, 4.69) is 20.5 Å². The molecule has 0 saturated carbocycles. The second-order valence-corrected chi connectivity index (χ2v) is 4.82. The molecule has 3 N–H and O–H groups in total. The minimum atomic E-state index is -0.562. The zero-order valence-electron chi connectivity index (χ0n) is 10.1. The van der Waals surface area contributed by atoms with Crippen LogP contribution in [0.15, 0.2) is 27.5 Å². The predicted octanol–water partition coefficient (Wildman–Crippen LogP) is 0.433. The molecule has 0 bridgehead atoms. The first-order valence-electron chi connectivity index (χ1n) is 5.64. The molecule has 3 rings (SSSR count). The molecule has 0 aliphatic carbocycles. The van der Waals surface area contributed by atoms with Gasteiger partial charge in [0.1, 0.15) is 17.7 Å². The first-order chi connectivity index (χ1) is 9.08. The fourth-order valence-electron chi connectivity index (χ4n) is 2.09. The molecule has 0 radical (unpaired) electrons. The van der Waals surface area contributed by atoms with Gasteiger partial charge in [0.2, 0.25) is 5.82 Å². The van der Waals surface area contributed by atoms with Gasteiger partial charge in [-0.2, -0.15) is 9.49 Å². The maximum atomic E-state index is 13.3. The number of amidine groups is 1. The number of nitrogens with zero attached hydrogens (tertiary/aromatic N) is 4. The van der Waals surface area contributed by atoms with Crippen LogP contribution in [0.25, 0.3) is 0 Å². The number of allylic oxidation sites excluding steroid dienone is 1. The smallest absolute Gasteiger partial charge is 0.286 e. The third-order valence-electron chi connectivity index (χ3n) is 3.15. The van der Waals surface area contributed by atoms with E-state index in [0.29, 0.717) is 28.8 Å². The van der Waals surface area contributed by atoms with E-state index in [9.17, 15) is 4.39 Å². The summed E-state index contributed by atoms with van der Waals surface area (Å²) in [6.07, 6.45) is 3.26. The summed E-state index contributed by atoms with van der Waals surface area (Å²) in [5.74, 6) is 0.557. The summed E-state index contributed by atoms with van der Waals surface area (Å²) >= 11 is 5.99. The van der Waals surface area contributed by atoms with E-state index in [0.717, 1.165) is 6.20 Å². The maximum absolute atomic E-state index is 13.3. The Morgan fingerprint density at radius 2 is 2.37 bits per heavy atom. The predicted molar refractivity (Wildman–Crippen MR) is 68.9 cm³/mol. The van der Waals surface area contributed by atoms with Crippen molar-refractivity contribution < 1.29 is 8.96 Å². The average Bonchev–Trinajstić information content (AvgIpc) is 2.79. The number of nitrogen functional groups attached to an aromatic ring is 1. The van der Waals surface area contributed by atoms with Gasteiger partial charge in [-0.05, 0) is 0 Å². The fraction of sp³-hybridized carbons (Fsp3) is 0.273. The lowest BCUT2D eigenvalue weighted by Gasteiger charge is -2.14. The summed E-state index contributed by atoms with van der Waals surface area (Å²) in [6.45, 7) is 0. The third kappa shape index (κ3) is 1.86. The summed E-state index contributed by atoms with van der Waals surface area (Å²) in [7, 11) is 1.64. The van der Waals surface area contributed by atoms with Crippen LogP contribution in [0.1, 0.15) is 12.2 Å². The van der Waals surface area contributed by atoms with Crippen LogP contribution < -0.4 is 15.7 Å². The van der Waals surface area contributed by atoms with E-state index in [-0.39, 0.29) is 11.7 Å². The number of hydrogen-bond donors (Lipinski definition) is 2. The van der Waals surface area contributed by atoms with Crippen LogP contribution in [0, 0.1) is 11.7 Å². The van der Waals surface area contributed by atoms with Gasteiger partial charge in [0, 0.05) is 17.7 Å². The van der Waals surface area contributed by atoms with E-state index in [1.165, 1.54) is 4.57 Å². The van der Waals surface area contributed by atoms with Crippen LogP contribution in [0.5, 0.6) is 0 Å². The van der Waals surface area contributed by atoms with Crippen LogP contribution >= 0.6 is 11.6 Å². The Kier molecular flexibility index (Phi) is 2.70. The Bertz CT molecular complexity index is 651. The summed E-state index contributed by atoms with van der Waals surface area (Å²) < 4.78 is 14.8. The zero-order chi connectivity index (χ0) is 13.6. The Labute approximate surface area is 113 Å². The molecule has 1 aromatic heterocycles. The molecule has 1 atom stereocenters. The minimum Gasteiger partial charge on any atom is -0.316 e. The van der Waals surface area contributed by atoms with Crippen molar-refractivity contribution in [1.29, 1.82) is 0 Å². The summed E-state index contributed by atoms with van der Waals surface area (Å²) in [5.41, 5.74) is 9.14. The van der Waals surface area contributed by atoms with Crippen molar-refractivity contribution in [2.75, 3.05) is 5.73 Å². The maximum Gasteiger partial charge on any atom is 0.286 e. The molecule has 1 aromatic rings. The van der Waals surface area contributed by atoms with Crippen molar-refractivity contribution >= 4 is 29.0 Å². The number of nitrogens with one attached hydrogen (secondary N) is 1. The van der Waals surface area contributed by atoms with E-state index < -0.39 is 5.82 Å². The van der Waals surface area contributed by atoms with E-state index in [4.69, 9.17) is 17.3 Å². The number of rotatable bonds is 1. The van der Waals surface area contributed by atoms with Gasteiger partial charge in [-0.1, -0.05) is 11.6 Å². The number of hydrogen-bond acceptors (Lipinski definition) is 5. The van der Waals surface area contributed by atoms with Gasteiger partial charge < -0.3 is 5.73 Å². The number of aromatic nitrogens is 2. The average molecular weight is 282 g/mol. The minimum absolute atomic E-state index is 0.00976. The molecular weight excluding hydrogens is 271 g/mol. The first kappa shape index (κ1) is 12.0. The second kappa shape index (κ2) is 4.27. The number of fused-ring (bicyclic) bond motifs is 1. The molecule has 0 amide bonds. The molecule has 0 saturated heterocycles. The van der Waals surface area contributed by atoms with Crippen LogP contribution in [-0.2, 0) is 7.05 Å². The van der Waals surface area contributed by atoms with Crippen molar-refractivity contribution in [1.82, 2.24) is 10.4 Å². The monoisotopic (exact) mass is 281 g/mol. The Hall–Kier alpha value is -2.02. The quantitative estimate of drug-likeness (QED) is 0.733. The lowest BCUT2D eigenvalue weighted by atomic mass is 9.96. The standard InChI is InChI=1S/C11H10ClFN6/c1-19-9(14)7(13)4-16-11(19)8-6-2-5(12)3-15-10(6)18-17-8/h3-4,6H,2H2,1H3,(H2,14,15,16,18)/p+1. The van der Waals surface area contributed by atoms with E-state index >= 15 is 0 Å². The van der Waals surface area contributed by atoms with Gasteiger partial charge in [-0.25, -0.2) is 9.56 Å². The van der Waals surface area contributed by atoms with Crippen molar-refractivity contribution in [2.24, 2.45) is 23.1 Å². The topological polar surface area (TPSA) is 79.5 Å². The molecule has 0 spiro atoms. The zero-order valence-corrected chi connectivity index (χ0v) is 10.8. The van der Waals surface area contributed by atoms with Crippen LogP contribution in [-0.4, -0.2) is 16.5 Å². The molecule has 0 aromatic carbocycles. The lowest BCUT2D eigenvalue weighted by Crippen LogP contribution is -2.43. The summed E-state index contributed by atoms with van der Waals surface area (Å²) in [4.78, 5) is 8.23. The first-order valence-corrected chi connectivity index (χ1v) is 6.02. The van der Waals surface area contributed by atoms with Crippen LogP contribution in [0.2, 0.25) is 0 Å². The summed E-state index contributed by atoms with van der Waals surface area (Å²) in [5, 5.41) is 4.84.